The van der Waals surface area contributed by atoms with Crippen LogP contribution in [0.15, 0.2) is 18.2 Å². The second kappa shape index (κ2) is 4.74. The van der Waals surface area contributed by atoms with Crippen LogP contribution in [0.4, 0.5) is 8.78 Å². The van der Waals surface area contributed by atoms with E-state index in [0.29, 0.717) is 0 Å². The maximum absolute atomic E-state index is 13.2. The smallest absolute Gasteiger partial charge is 0.167 e. The molecule has 0 aromatic heterocycles. The normalized spacial score (nSPS) is 11.2. The van der Waals surface area contributed by atoms with Gasteiger partial charge in [0, 0.05) is 11.5 Å². The van der Waals surface area contributed by atoms with Crippen molar-refractivity contribution in [1.82, 2.24) is 0 Å². The van der Waals surface area contributed by atoms with Gasteiger partial charge in [-0.05, 0) is 12.1 Å². The molecule has 5 heteroatoms. The van der Waals surface area contributed by atoms with E-state index in [2.05, 4.69) is 0 Å². The minimum Gasteiger partial charge on any atom is -0.490 e. The lowest BCUT2D eigenvalue weighted by molar-refractivity contribution is 0.227. The van der Waals surface area contributed by atoms with Crippen molar-refractivity contribution in [3.63, 3.8) is 0 Å². The molecule has 0 saturated carbocycles. The minimum atomic E-state index is -0.737. The predicted octanol–water partition coefficient (Wildman–Crippen LogP) is 2.66. The zero-order valence-electron chi connectivity index (χ0n) is 9.09. The Bertz CT molecular complexity index is 407. The Labute approximate surface area is 98.4 Å². The van der Waals surface area contributed by atoms with E-state index in [1.165, 1.54) is 6.07 Å². The molecule has 0 bridgehead atoms. The van der Waals surface area contributed by atoms with Gasteiger partial charge in [-0.3, -0.25) is 0 Å². The first-order chi connectivity index (χ1) is 7.33. The van der Waals surface area contributed by atoms with Gasteiger partial charge in [0.05, 0.1) is 11.6 Å². The second-order valence-electron chi connectivity index (χ2n) is 4.11. The molecule has 88 valence electrons. The highest BCUT2D eigenvalue weighted by Crippen LogP contribution is 2.22. The number of thiocarbonyl (C=S) groups is 1. The molecule has 1 aromatic carbocycles. The molecule has 0 atom stereocenters. The van der Waals surface area contributed by atoms with E-state index in [1.54, 1.807) is 13.8 Å². The number of hydrogen-bond donors (Lipinski definition) is 1. The Balaban J connectivity index is 2.72. The zero-order chi connectivity index (χ0) is 12.3. The second-order valence-corrected chi connectivity index (χ2v) is 4.55. The van der Waals surface area contributed by atoms with Gasteiger partial charge >= 0.3 is 0 Å². The summed E-state index contributed by atoms with van der Waals surface area (Å²) < 4.78 is 31.0. The number of rotatable bonds is 4. The third kappa shape index (κ3) is 3.13. The van der Waals surface area contributed by atoms with Crippen LogP contribution in [0.5, 0.6) is 5.75 Å². The number of hydrogen-bond acceptors (Lipinski definition) is 2. The summed E-state index contributed by atoms with van der Waals surface area (Å²) in [5.41, 5.74) is 4.96. The Hall–Kier alpha value is -1.23. The van der Waals surface area contributed by atoms with Crippen molar-refractivity contribution in [2.75, 3.05) is 6.61 Å². The first-order valence-electron chi connectivity index (χ1n) is 4.71. The van der Waals surface area contributed by atoms with Crippen LogP contribution in [-0.4, -0.2) is 11.6 Å². The lowest BCUT2D eigenvalue weighted by Gasteiger charge is -2.23. The SMILES string of the molecule is CC(C)(COc1ccc(F)cc1F)C(N)=S. The highest BCUT2D eigenvalue weighted by Gasteiger charge is 2.23. The quantitative estimate of drug-likeness (QED) is 0.828. The van der Waals surface area contributed by atoms with Crippen molar-refractivity contribution in [1.29, 1.82) is 0 Å². The van der Waals surface area contributed by atoms with Crippen LogP contribution in [0, 0.1) is 17.0 Å². The van der Waals surface area contributed by atoms with Crippen molar-refractivity contribution in [3.8, 4) is 5.75 Å². The summed E-state index contributed by atoms with van der Waals surface area (Å²) in [6, 6.07) is 3.13. The summed E-state index contributed by atoms with van der Waals surface area (Å²) >= 11 is 4.84. The summed E-state index contributed by atoms with van der Waals surface area (Å²) in [5, 5.41) is 0. The highest BCUT2D eigenvalue weighted by molar-refractivity contribution is 7.80. The fourth-order valence-corrected chi connectivity index (χ4v) is 0.980. The number of nitrogens with two attached hydrogens (primary N) is 1. The maximum Gasteiger partial charge on any atom is 0.167 e. The summed E-state index contributed by atoms with van der Waals surface area (Å²) in [4.78, 5) is 0.287. The van der Waals surface area contributed by atoms with Gasteiger partial charge in [-0.25, -0.2) is 8.78 Å². The van der Waals surface area contributed by atoms with Crippen LogP contribution in [0.1, 0.15) is 13.8 Å². The van der Waals surface area contributed by atoms with Gasteiger partial charge in [-0.15, -0.1) is 0 Å². The molecule has 0 aliphatic rings. The fourth-order valence-electron chi connectivity index (χ4n) is 0.922. The summed E-state index contributed by atoms with van der Waals surface area (Å²) in [5.74, 6) is -1.39. The molecule has 0 spiro atoms. The number of ether oxygens (including phenoxy) is 1. The van der Waals surface area contributed by atoms with E-state index >= 15 is 0 Å². The molecule has 2 N–H and O–H groups in total. The number of halogens is 2. The van der Waals surface area contributed by atoms with Gasteiger partial charge in [-0.1, -0.05) is 26.1 Å². The zero-order valence-corrected chi connectivity index (χ0v) is 9.91. The third-order valence-corrected chi connectivity index (χ3v) is 2.70. The largest absolute Gasteiger partial charge is 0.490 e. The Morgan fingerprint density at radius 1 is 1.44 bits per heavy atom. The van der Waals surface area contributed by atoms with Gasteiger partial charge in [0.1, 0.15) is 5.82 Å². The summed E-state index contributed by atoms with van der Waals surface area (Å²) in [6.45, 7) is 3.72. The van der Waals surface area contributed by atoms with Crippen LogP contribution in [-0.2, 0) is 0 Å². The molecule has 0 saturated heterocycles. The van der Waals surface area contributed by atoms with E-state index in [9.17, 15) is 8.78 Å². The van der Waals surface area contributed by atoms with Crippen LogP contribution in [0.2, 0.25) is 0 Å². The van der Waals surface area contributed by atoms with E-state index < -0.39 is 17.0 Å². The van der Waals surface area contributed by atoms with Crippen LogP contribution < -0.4 is 10.5 Å². The van der Waals surface area contributed by atoms with Crippen molar-refractivity contribution in [3.05, 3.63) is 29.8 Å². The van der Waals surface area contributed by atoms with Crippen molar-refractivity contribution in [2.45, 2.75) is 13.8 Å². The van der Waals surface area contributed by atoms with Gasteiger partial charge < -0.3 is 10.5 Å². The molecular formula is C11H13F2NOS. The molecule has 0 aliphatic heterocycles. The van der Waals surface area contributed by atoms with E-state index in [0.717, 1.165) is 12.1 Å². The molecule has 0 fully saturated rings. The first-order valence-corrected chi connectivity index (χ1v) is 5.11. The summed E-state index contributed by atoms with van der Waals surface area (Å²) in [7, 11) is 0. The predicted molar refractivity (Wildman–Crippen MR) is 62.4 cm³/mol. The van der Waals surface area contributed by atoms with Crippen LogP contribution in [0.25, 0.3) is 0 Å². The molecule has 0 radical (unpaired) electrons. The van der Waals surface area contributed by atoms with Crippen molar-refractivity contribution < 1.29 is 13.5 Å². The molecule has 0 heterocycles. The molecule has 1 rings (SSSR count). The molecule has 1 aromatic rings. The lowest BCUT2D eigenvalue weighted by atomic mass is 9.95. The molecule has 0 unspecified atom stereocenters. The fraction of sp³-hybridized carbons (Fsp3) is 0.364. The average molecular weight is 245 g/mol. The van der Waals surface area contributed by atoms with Gasteiger partial charge in [0.2, 0.25) is 0 Å². The standard InChI is InChI=1S/C11H13F2NOS/c1-11(2,10(14)16)6-15-9-4-3-7(12)5-8(9)13/h3-5H,6H2,1-2H3,(H2,14,16). The van der Waals surface area contributed by atoms with Crippen LogP contribution >= 0.6 is 12.2 Å². The first kappa shape index (κ1) is 12.8. The monoisotopic (exact) mass is 245 g/mol. The van der Waals surface area contributed by atoms with E-state index in [-0.39, 0.29) is 17.3 Å². The van der Waals surface area contributed by atoms with Gasteiger partial charge in [-0.2, -0.15) is 0 Å². The highest BCUT2D eigenvalue weighted by atomic mass is 32.1. The van der Waals surface area contributed by atoms with Gasteiger partial charge in [0.25, 0.3) is 0 Å². The lowest BCUT2D eigenvalue weighted by Crippen LogP contribution is -2.35. The third-order valence-electron chi connectivity index (χ3n) is 2.15. The Kier molecular flexibility index (Phi) is 3.80. The average Bonchev–Trinajstić information content (AvgIpc) is 2.16. The number of benzene rings is 1. The molecule has 2 nitrogen and oxygen atoms in total. The van der Waals surface area contributed by atoms with Crippen molar-refractivity contribution >= 4 is 17.2 Å². The Morgan fingerprint density at radius 3 is 2.56 bits per heavy atom. The molecular weight excluding hydrogens is 232 g/mol. The Morgan fingerprint density at radius 2 is 2.06 bits per heavy atom. The van der Waals surface area contributed by atoms with Gasteiger partial charge in [0.15, 0.2) is 11.6 Å². The summed E-state index contributed by atoms with van der Waals surface area (Å²) in [6.07, 6.45) is 0. The van der Waals surface area contributed by atoms with Crippen molar-refractivity contribution in [2.24, 2.45) is 11.1 Å². The molecule has 0 aliphatic carbocycles. The van der Waals surface area contributed by atoms with E-state index in [4.69, 9.17) is 22.7 Å². The topological polar surface area (TPSA) is 35.2 Å². The van der Waals surface area contributed by atoms with Crippen LogP contribution in [0.3, 0.4) is 0 Å². The maximum atomic E-state index is 13.2. The molecule has 16 heavy (non-hydrogen) atoms. The minimum absolute atomic E-state index is 0.00859. The molecule has 0 amide bonds. The van der Waals surface area contributed by atoms with E-state index in [1.807, 2.05) is 0 Å².